The quantitative estimate of drug-likeness (QED) is 0.425. The third-order valence-electron chi connectivity index (χ3n) is 3.13. The molecular formula is C9H16O5. The van der Waals surface area contributed by atoms with E-state index in [-0.39, 0.29) is 32.2 Å². The van der Waals surface area contributed by atoms with Crippen molar-refractivity contribution in [3.05, 3.63) is 0 Å². The van der Waals surface area contributed by atoms with Crippen molar-refractivity contribution < 1.29 is 25.2 Å². The Morgan fingerprint density at radius 2 is 1.14 bits per heavy atom. The zero-order valence-corrected chi connectivity index (χ0v) is 7.83. The Kier molecular flexibility index (Phi) is 4.00. The van der Waals surface area contributed by atoms with Crippen molar-refractivity contribution in [2.24, 2.45) is 23.7 Å². The van der Waals surface area contributed by atoms with Gasteiger partial charge in [-0.3, -0.25) is 4.79 Å². The van der Waals surface area contributed by atoms with Crippen LogP contribution >= 0.6 is 0 Å². The standard InChI is InChI=1S/C9H16O5/c10-1-5-6(2-11)8(4-13)9(14)7(5)3-12/h5-8,10-13H,1-4H2/t5-,6-,7-,8+/m0/s1. The molecule has 0 aromatic heterocycles. The minimum atomic E-state index is -0.644. The molecule has 0 aliphatic heterocycles. The van der Waals surface area contributed by atoms with Crippen molar-refractivity contribution in [2.45, 2.75) is 0 Å². The molecule has 1 fully saturated rings. The number of carbonyl (C=O) groups is 1. The van der Waals surface area contributed by atoms with Gasteiger partial charge in [0, 0.05) is 25.0 Å². The van der Waals surface area contributed by atoms with Gasteiger partial charge in [-0.1, -0.05) is 0 Å². The maximum absolute atomic E-state index is 11.6. The third kappa shape index (κ3) is 1.68. The Morgan fingerprint density at radius 1 is 0.786 bits per heavy atom. The van der Waals surface area contributed by atoms with Crippen molar-refractivity contribution in [2.75, 3.05) is 26.4 Å². The van der Waals surface area contributed by atoms with Crippen LogP contribution < -0.4 is 0 Å². The van der Waals surface area contributed by atoms with Crippen LogP contribution in [0.3, 0.4) is 0 Å². The molecule has 4 atom stereocenters. The molecule has 0 aromatic rings. The lowest BCUT2D eigenvalue weighted by molar-refractivity contribution is -0.126. The number of aliphatic hydroxyl groups excluding tert-OH is 4. The van der Waals surface area contributed by atoms with E-state index in [2.05, 4.69) is 0 Å². The molecule has 5 heteroatoms. The van der Waals surface area contributed by atoms with Gasteiger partial charge in [-0.05, 0) is 11.8 Å². The van der Waals surface area contributed by atoms with Crippen LogP contribution in [0.1, 0.15) is 0 Å². The summed E-state index contributed by atoms with van der Waals surface area (Å²) >= 11 is 0. The van der Waals surface area contributed by atoms with Gasteiger partial charge >= 0.3 is 0 Å². The summed E-state index contributed by atoms with van der Waals surface area (Å²) in [4.78, 5) is 11.6. The summed E-state index contributed by atoms with van der Waals surface area (Å²) in [5.41, 5.74) is 0. The first-order valence-electron chi connectivity index (χ1n) is 4.68. The van der Waals surface area contributed by atoms with Crippen molar-refractivity contribution in [3.8, 4) is 0 Å². The first-order chi connectivity index (χ1) is 6.71. The van der Waals surface area contributed by atoms with E-state index < -0.39 is 23.7 Å². The second kappa shape index (κ2) is 4.84. The number of carbonyl (C=O) groups excluding carboxylic acids is 1. The molecule has 4 N–H and O–H groups in total. The van der Waals surface area contributed by atoms with Gasteiger partial charge in [-0.2, -0.15) is 0 Å². The van der Waals surface area contributed by atoms with E-state index >= 15 is 0 Å². The van der Waals surface area contributed by atoms with Gasteiger partial charge in [0.15, 0.2) is 0 Å². The Morgan fingerprint density at radius 3 is 1.36 bits per heavy atom. The minimum absolute atomic E-state index is 0.251. The van der Waals surface area contributed by atoms with Crippen molar-refractivity contribution in [1.82, 2.24) is 0 Å². The van der Waals surface area contributed by atoms with Gasteiger partial charge in [0.2, 0.25) is 0 Å². The summed E-state index contributed by atoms with van der Waals surface area (Å²) in [6.07, 6.45) is 0. The van der Waals surface area contributed by atoms with Crippen LogP contribution in [0.4, 0.5) is 0 Å². The van der Waals surface area contributed by atoms with Crippen LogP contribution in [-0.2, 0) is 4.79 Å². The van der Waals surface area contributed by atoms with Crippen molar-refractivity contribution >= 4 is 5.78 Å². The first-order valence-corrected chi connectivity index (χ1v) is 4.68. The fourth-order valence-corrected chi connectivity index (χ4v) is 2.27. The molecule has 1 aliphatic rings. The van der Waals surface area contributed by atoms with E-state index in [0.717, 1.165) is 0 Å². The molecule has 0 radical (unpaired) electrons. The third-order valence-corrected chi connectivity index (χ3v) is 3.13. The van der Waals surface area contributed by atoms with Crippen LogP contribution in [0.25, 0.3) is 0 Å². The minimum Gasteiger partial charge on any atom is -0.396 e. The molecule has 5 nitrogen and oxygen atoms in total. The van der Waals surface area contributed by atoms with Crippen LogP contribution in [0.5, 0.6) is 0 Å². The molecule has 0 spiro atoms. The molecule has 1 aliphatic carbocycles. The number of hydrogen-bond acceptors (Lipinski definition) is 5. The summed E-state index contributed by atoms with van der Waals surface area (Å²) in [6.45, 7) is -1.18. The second-order valence-corrected chi connectivity index (χ2v) is 3.67. The van der Waals surface area contributed by atoms with Gasteiger partial charge in [0.25, 0.3) is 0 Å². The van der Waals surface area contributed by atoms with E-state index in [1.54, 1.807) is 0 Å². The van der Waals surface area contributed by atoms with E-state index in [4.69, 9.17) is 20.4 Å². The highest BCUT2D eigenvalue weighted by atomic mass is 16.3. The van der Waals surface area contributed by atoms with E-state index in [0.29, 0.717) is 0 Å². The van der Waals surface area contributed by atoms with Crippen molar-refractivity contribution in [1.29, 1.82) is 0 Å². The molecule has 14 heavy (non-hydrogen) atoms. The molecule has 82 valence electrons. The van der Waals surface area contributed by atoms with Crippen LogP contribution in [0.15, 0.2) is 0 Å². The molecule has 0 bridgehead atoms. The first kappa shape index (κ1) is 11.6. The summed E-state index contributed by atoms with van der Waals surface area (Å²) in [5, 5.41) is 36.0. The molecule has 1 saturated carbocycles. The van der Waals surface area contributed by atoms with Crippen LogP contribution in [-0.4, -0.2) is 52.6 Å². The summed E-state index contributed by atoms with van der Waals surface area (Å²) in [7, 11) is 0. The summed E-state index contributed by atoms with van der Waals surface area (Å²) in [6, 6.07) is 0. The molecule has 1 rings (SSSR count). The van der Waals surface area contributed by atoms with Gasteiger partial charge < -0.3 is 20.4 Å². The topological polar surface area (TPSA) is 98.0 Å². The molecule has 0 aromatic carbocycles. The van der Waals surface area contributed by atoms with E-state index in [9.17, 15) is 4.79 Å². The lowest BCUT2D eigenvalue weighted by atomic mass is 9.88. The second-order valence-electron chi connectivity index (χ2n) is 3.67. The van der Waals surface area contributed by atoms with E-state index in [1.807, 2.05) is 0 Å². The molecule has 0 amide bonds. The highest BCUT2D eigenvalue weighted by Crippen LogP contribution is 2.37. The molecule has 0 heterocycles. The predicted molar refractivity (Wildman–Crippen MR) is 47.3 cm³/mol. The average molecular weight is 204 g/mol. The monoisotopic (exact) mass is 204 g/mol. The normalized spacial score (nSPS) is 37.9. The SMILES string of the molecule is O=C1[C@@H](CO)[C@@H](CO)[C@H](CO)[C@H]1CO. The molecule has 0 unspecified atom stereocenters. The Bertz CT molecular complexity index is 185. The predicted octanol–water partition coefficient (Wildman–Crippen LogP) is -2.00. The lowest BCUT2D eigenvalue weighted by Gasteiger charge is -2.20. The summed E-state index contributed by atoms with van der Waals surface area (Å²) < 4.78 is 0. The Balaban J connectivity index is 2.87. The zero-order chi connectivity index (χ0) is 10.7. The maximum Gasteiger partial charge on any atom is 0.144 e. The smallest absolute Gasteiger partial charge is 0.144 e. The van der Waals surface area contributed by atoms with Gasteiger partial charge in [0.05, 0.1) is 13.2 Å². The largest absolute Gasteiger partial charge is 0.396 e. The fourth-order valence-electron chi connectivity index (χ4n) is 2.27. The van der Waals surface area contributed by atoms with Gasteiger partial charge in [-0.25, -0.2) is 0 Å². The highest BCUT2D eigenvalue weighted by molar-refractivity contribution is 5.86. The van der Waals surface area contributed by atoms with Crippen LogP contribution in [0, 0.1) is 23.7 Å². The van der Waals surface area contributed by atoms with E-state index in [1.165, 1.54) is 0 Å². The molecule has 0 saturated heterocycles. The zero-order valence-electron chi connectivity index (χ0n) is 7.83. The van der Waals surface area contributed by atoms with Gasteiger partial charge in [-0.15, -0.1) is 0 Å². The lowest BCUT2D eigenvalue weighted by Crippen LogP contribution is -2.26. The number of Topliss-reactive ketones (excluding diaryl/α,β-unsaturated/α-hetero) is 1. The fraction of sp³-hybridized carbons (Fsp3) is 0.889. The maximum atomic E-state index is 11.6. The van der Waals surface area contributed by atoms with Gasteiger partial charge in [0.1, 0.15) is 5.78 Å². The van der Waals surface area contributed by atoms with Crippen LogP contribution in [0.2, 0.25) is 0 Å². The Hall–Kier alpha value is -0.490. The number of aliphatic hydroxyl groups is 4. The molecular weight excluding hydrogens is 188 g/mol. The number of rotatable bonds is 4. The number of hydrogen-bond donors (Lipinski definition) is 4. The Labute approximate surface area is 82.0 Å². The highest BCUT2D eigenvalue weighted by Gasteiger charge is 2.48. The van der Waals surface area contributed by atoms with Crippen molar-refractivity contribution in [3.63, 3.8) is 0 Å². The number of ketones is 1. The summed E-state index contributed by atoms with van der Waals surface area (Å²) in [5.74, 6) is -2.42. The average Bonchev–Trinajstić information content (AvgIpc) is 2.48.